The van der Waals surface area contributed by atoms with Crippen LogP contribution in [0.5, 0.6) is 0 Å². The molecule has 0 bridgehead atoms. The first-order valence-corrected chi connectivity index (χ1v) is 15.6. The molecule has 4 N–H and O–H groups in total. The third-order valence-electron chi connectivity index (χ3n) is 7.64. The number of benzene rings is 1. The maximum absolute atomic E-state index is 13.9. The van der Waals surface area contributed by atoms with Crippen LogP contribution in [0.15, 0.2) is 30.3 Å². The second-order valence-corrected chi connectivity index (χ2v) is 13.5. The van der Waals surface area contributed by atoms with Crippen LogP contribution < -0.4 is 21.3 Å². The highest BCUT2D eigenvalue weighted by molar-refractivity contribution is 5.98. The minimum Gasteiger partial charge on any atom is -0.343 e. The maximum Gasteiger partial charge on any atom is 0.245 e. The molecule has 1 aliphatic rings. The van der Waals surface area contributed by atoms with E-state index in [1.54, 1.807) is 7.05 Å². The van der Waals surface area contributed by atoms with E-state index in [2.05, 4.69) is 21.3 Å². The van der Waals surface area contributed by atoms with E-state index >= 15 is 0 Å². The van der Waals surface area contributed by atoms with Gasteiger partial charge in [-0.15, -0.1) is 0 Å². The fourth-order valence-corrected chi connectivity index (χ4v) is 5.33. The number of carbonyl (C=O) groups excluding carboxylic acids is 5. The van der Waals surface area contributed by atoms with Gasteiger partial charge in [0.1, 0.15) is 30.2 Å². The van der Waals surface area contributed by atoms with E-state index < -0.39 is 59.7 Å². The van der Waals surface area contributed by atoms with E-state index in [0.717, 1.165) is 5.56 Å². The molecule has 0 aliphatic carbocycles. The first-order valence-electron chi connectivity index (χ1n) is 15.6. The zero-order valence-corrected chi connectivity index (χ0v) is 27.4. The van der Waals surface area contributed by atoms with Gasteiger partial charge in [0.2, 0.25) is 29.5 Å². The van der Waals surface area contributed by atoms with Crippen LogP contribution in [0.2, 0.25) is 0 Å². The zero-order chi connectivity index (χ0) is 32.4. The molecule has 43 heavy (non-hydrogen) atoms. The molecule has 1 saturated heterocycles. The summed E-state index contributed by atoms with van der Waals surface area (Å²) in [5.74, 6) is -2.42. The van der Waals surface area contributed by atoms with Crippen LogP contribution in [0.25, 0.3) is 0 Å². The van der Waals surface area contributed by atoms with Gasteiger partial charge >= 0.3 is 0 Å². The summed E-state index contributed by atoms with van der Waals surface area (Å²) in [5, 5.41) is 11.5. The number of rotatable bonds is 9. The second-order valence-electron chi connectivity index (χ2n) is 13.5. The highest BCUT2D eigenvalue weighted by Gasteiger charge is 2.38. The molecule has 10 nitrogen and oxygen atoms in total. The predicted octanol–water partition coefficient (Wildman–Crippen LogP) is 2.80. The Labute approximate surface area is 257 Å². The van der Waals surface area contributed by atoms with Crippen molar-refractivity contribution in [3.05, 3.63) is 35.9 Å². The molecule has 0 saturated carbocycles. The SMILES string of the molecule is CC(C)C[C@@H]1NC(=O)[C@H](C(C)C)NC(=O)[C@H](CC(C)C)N(C)C(=O)[C@@H](CC(C)C)NC(=O)[C@@H](Cc2ccccc2)NC1=O. The van der Waals surface area contributed by atoms with Gasteiger partial charge in [0.05, 0.1) is 0 Å². The van der Waals surface area contributed by atoms with Crippen molar-refractivity contribution in [1.29, 1.82) is 0 Å². The number of likely N-dealkylation sites (N-methyl/N-ethyl adjacent to an activating group) is 1. The Morgan fingerprint density at radius 1 is 0.605 bits per heavy atom. The lowest BCUT2D eigenvalue weighted by atomic mass is 9.97. The summed E-state index contributed by atoms with van der Waals surface area (Å²) in [7, 11) is 1.57. The summed E-state index contributed by atoms with van der Waals surface area (Å²) in [6.45, 7) is 15.4. The molecule has 5 amide bonds. The third-order valence-corrected chi connectivity index (χ3v) is 7.64. The normalized spacial score (nSPS) is 24.9. The van der Waals surface area contributed by atoms with Crippen LogP contribution in [0, 0.1) is 23.7 Å². The average Bonchev–Trinajstić information content (AvgIpc) is 2.91. The minimum absolute atomic E-state index is 0.0590. The second kappa shape index (κ2) is 16.4. The fraction of sp³-hybridized carbons (Fsp3) is 0.667. The molecule has 1 fully saturated rings. The van der Waals surface area contributed by atoms with Crippen molar-refractivity contribution in [1.82, 2.24) is 26.2 Å². The first-order chi connectivity index (χ1) is 20.1. The Hall–Kier alpha value is -3.43. The quantitative estimate of drug-likeness (QED) is 0.346. The van der Waals surface area contributed by atoms with E-state index in [1.165, 1.54) is 4.90 Å². The van der Waals surface area contributed by atoms with Crippen molar-refractivity contribution in [2.24, 2.45) is 23.7 Å². The summed E-state index contributed by atoms with van der Waals surface area (Å²) in [5.41, 5.74) is 0.834. The van der Waals surface area contributed by atoms with Crippen LogP contribution in [-0.2, 0) is 30.4 Å². The smallest absolute Gasteiger partial charge is 0.245 e. The average molecular weight is 600 g/mol. The number of carbonyl (C=O) groups is 5. The summed E-state index contributed by atoms with van der Waals surface area (Å²) in [6.07, 6.45) is 1.25. The van der Waals surface area contributed by atoms with Gasteiger partial charge in [0.15, 0.2) is 0 Å². The van der Waals surface area contributed by atoms with Crippen molar-refractivity contribution in [3.63, 3.8) is 0 Å². The number of amides is 5. The van der Waals surface area contributed by atoms with E-state index in [-0.39, 0.29) is 30.1 Å². The van der Waals surface area contributed by atoms with Crippen molar-refractivity contribution in [2.45, 2.75) is 111 Å². The van der Waals surface area contributed by atoms with Crippen molar-refractivity contribution in [3.8, 4) is 0 Å². The Bertz CT molecular complexity index is 1100. The van der Waals surface area contributed by atoms with Gasteiger partial charge in [0, 0.05) is 13.5 Å². The number of hydrogen-bond donors (Lipinski definition) is 4. The molecular weight excluding hydrogens is 546 g/mol. The number of nitrogens with one attached hydrogen (secondary N) is 4. The fourth-order valence-electron chi connectivity index (χ4n) is 5.33. The number of nitrogens with zero attached hydrogens (tertiary/aromatic N) is 1. The van der Waals surface area contributed by atoms with Crippen molar-refractivity contribution < 1.29 is 24.0 Å². The lowest BCUT2D eigenvalue weighted by molar-refractivity contribution is -0.143. The molecule has 2 rings (SSSR count). The minimum atomic E-state index is -0.994. The molecular formula is C33H53N5O5. The summed E-state index contributed by atoms with van der Waals surface area (Å²) in [4.78, 5) is 70.2. The molecule has 1 aromatic rings. The molecule has 0 unspecified atom stereocenters. The van der Waals surface area contributed by atoms with Crippen LogP contribution >= 0.6 is 0 Å². The monoisotopic (exact) mass is 599 g/mol. The zero-order valence-electron chi connectivity index (χ0n) is 27.4. The Kier molecular flexibility index (Phi) is 13.7. The van der Waals surface area contributed by atoms with Crippen LogP contribution in [-0.4, -0.2) is 71.7 Å². The lowest BCUT2D eigenvalue weighted by Gasteiger charge is -2.34. The largest absolute Gasteiger partial charge is 0.343 e. The van der Waals surface area contributed by atoms with E-state index in [9.17, 15) is 24.0 Å². The van der Waals surface area contributed by atoms with E-state index in [1.807, 2.05) is 85.7 Å². The molecule has 240 valence electrons. The molecule has 1 aromatic carbocycles. The van der Waals surface area contributed by atoms with Gasteiger partial charge in [-0.05, 0) is 48.5 Å². The molecule has 5 atom stereocenters. The third kappa shape index (κ3) is 11.0. The van der Waals surface area contributed by atoms with Gasteiger partial charge in [-0.2, -0.15) is 0 Å². The van der Waals surface area contributed by atoms with Crippen LogP contribution in [0.1, 0.15) is 80.2 Å². The van der Waals surface area contributed by atoms with E-state index in [0.29, 0.717) is 19.3 Å². The summed E-state index contributed by atoms with van der Waals surface area (Å²) in [6, 6.07) is 4.70. The van der Waals surface area contributed by atoms with Crippen molar-refractivity contribution in [2.75, 3.05) is 7.05 Å². The molecule has 1 heterocycles. The lowest BCUT2D eigenvalue weighted by Crippen LogP contribution is -2.59. The van der Waals surface area contributed by atoms with Gasteiger partial charge in [-0.25, -0.2) is 0 Å². The maximum atomic E-state index is 13.9. The standard InChI is InChI=1S/C33H53N5O5/c1-19(2)15-24-29(39)34-25(18-23-13-11-10-12-14-23)30(40)36-26(16-20(3)4)33(43)38(9)27(17-21(5)6)31(41)37-28(22(7)8)32(42)35-24/h10-14,19-22,24-28H,15-18H2,1-9H3,(H,34,39)(H,35,42)(H,36,40)(H,37,41)/t24-,25+,26+,27-,28-/m0/s1. The molecule has 0 radical (unpaired) electrons. The summed E-state index contributed by atoms with van der Waals surface area (Å²) < 4.78 is 0. The molecule has 10 heteroatoms. The van der Waals surface area contributed by atoms with Crippen LogP contribution in [0.3, 0.4) is 0 Å². The number of hydrogen-bond acceptors (Lipinski definition) is 5. The Morgan fingerprint density at radius 3 is 1.63 bits per heavy atom. The predicted molar refractivity (Wildman–Crippen MR) is 168 cm³/mol. The Morgan fingerprint density at radius 2 is 1.09 bits per heavy atom. The van der Waals surface area contributed by atoms with Gasteiger partial charge in [-0.3, -0.25) is 24.0 Å². The van der Waals surface area contributed by atoms with E-state index in [4.69, 9.17) is 0 Å². The highest BCUT2D eigenvalue weighted by atomic mass is 16.2. The molecule has 0 spiro atoms. The molecule has 1 aliphatic heterocycles. The Balaban J connectivity index is 2.65. The van der Waals surface area contributed by atoms with Crippen molar-refractivity contribution >= 4 is 29.5 Å². The summed E-state index contributed by atoms with van der Waals surface area (Å²) >= 11 is 0. The van der Waals surface area contributed by atoms with Gasteiger partial charge < -0.3 is 26.2 Å². The van der Waals surface area contributed by atoms with Gasteiger partial charge in [-0.1, -0.05) is 85.7 Å². The first kappa shape index (κ1) is 35.8. The molecule has 0 aromatic heterocycles. The topological polar surface area (TPSA) is 137 Å². The highest BCUT2D eigenvalue weighted by Crippen LogP contribution is 2.17. The van der Waals surface area contributed by atoms with Crippen LogP contribution in [0.4, 0.5) is 0 Å². The van der Waals surface area contributed by atoms with Gasteiger partial charge in [0.25, 0.3) is 0 Å².